The van der Waals surface area contributed by atoms with Crippen molar-refractivity contribution in [3.05, 3.63) is 53.7 Å². The molecule has 0 fully saturated rings. The lowest BCUT2D eigenvalue weighted by molar-refractivity contribution is 0.114. The largest absolute Gasteiger partial charge is 0.491 e. The SMILES string of the molecule is CCNC(=NCC(O)COc1ccc(F)cc1)NC(C)c1ccc(C)o1.I. The lowest BCUT2D eigenvalue weighted by Gasteiger charge is -2.17. The van der Waals surface area contributed by atoms with E-state index in [1.807, 2.05) is 32.9 Å². The second-order valence-electron chi connectivity index (χ2n) is 5.95. The first-order valence-electron chi connectivity index (χ1n) is 8.65. The molecule has 2 atom stereocenters. The van der Waals surface area contributed by atoms with Crippen LogP contribution in [-0.4, -0.2) is 36.9 Å². The fraction of sp³-hybridized carbons (Fsp3) is 0.421. The minimum atomic E-state index is -0.781. The fourth-order valence-electron chi connectivity index (χ4n) is 2.25. The molecule has 3 N–H and O–H groups in total. The van der Waals surface area contributed by atoms with Crippen molar-refractivity contribution in [1.82, 2.24) is 10.6 Å². The van der Waals surface area contributed by atoms with E-state index < -0.39 is 6.10 Å². The van der Waals surface area contributed by atoms with Gasteiger partial charge in [-0.15, -0.1) is 24.0 Å². The molecule has 1 heterocycles. The topological polar surface area (TPSA) is 79.0 Å². The van der Waals surface area contributed by atoms with Gasteiger partial charge in [0.25, 0.3) is 0 Å². The normalized spacial score (nSPS) is 13.4. The minimum absolute atomic E-state index is 0. The van der Waals surface area contributed by atoms with Crippen molar-refractivity contribution in [2.75, 3.05) is 19.7 Å². The summed E-state index contributed by atoms with van der Waals surface area (Å²) in [7, 11) is 0. The summed E-state index contributed by atoms with van der Waals surface area (Å²) < 4.78 is 23.9. The molecule has 0 saturated carbocycles. The summed E-state index contributed by atoms with van der Waals surface area (Å²) in [6, 6.07) is 9.42. The molecule has 0 radical (unpaired) electrons. The third-order valence-electron chi connectivity index (χ3n) is 3.60. The van der Waals surface area contributed by atoms with E-state index >= 15 is 0 Å². The molecule has 0 aliphatic carbocycles. The Bertz CT molecular complexity index is 706. The molecule has 2 unspecified atom stereocenters. The maximum atomic E-state index is 12.9. The van der Waals surface area contributed by atoms with E-state index in [0.29, 0.717) is 18.3 Å². The summed E-state index contributed by atoms with van der Waals surface area (Å²) >= 11 is 0. The van der Waals surface area contributed by atoms with Crippen LogP contribution in [0.25, 0.3) is 0 Å². The van der Waals surface area contributed by atoms with Gasteiger partial charge in [-0.25, -0.2) is 4.39 Å². The third-order valence-corrected chi connectivity index (χ3v) is 3.60. The van der Waals surface area contributed by atoms with Crippen molar-refractivity contribution in [1.29, 1.82) is 0 Å². The highest BCUT2D eigenvalue weighted by Crippen LogP contribution is 2.15. The van der Waals surface area contributed by atoms with E-state index in [9.17, 15) is 9.50 Å². The van der Waals surface area contributed by atoms with Gasteiger partial charge in [0.1, 0.15) is 35.8 Å². The van der Waals surface area contributed by atoms with Crippen LogP contribution in [0.5, 0.6) is 5.75 Å². The van der Waals surface area contributed by atoms with Crippen molar-refractivity contribution in [3.63, 3.8) is 0 Å². The Labute approximate surface area is 176 Å². The van der Waals surface area contributed by atoms with Gasteiger partial charge in [0.2, 0.25) is 0 Å². The van der Waals surface area contributed by atoms with Crippen LogP contribution in [-0.2, 0) is 0 Å². The highest BCUT2D eigenvalue weighted by molar-refractivity contribution is 14.0. The Morgan fingerprint density at radius 2 is 1.96 bits per heavy atom. The molecular formula is C19H27FIN3O3. The second-order valence-corrected chi connectivity index (χ2v) is 5.95. The Kier molecular flexibility index (Phi) is 10.2. The van der Waals surface area contributed by atoms with Gasteiger partial charge in [-0.1, -0.05) is 0 Å². The van der Waals surface area contributed by atoms with Gasteiger partial charge in [0, 0.05) is 6.54 Å². The van der Waals surface area contributed by atoms with E-state index in [1.165, 1.54) is 24.3 Å². The molecule has 6 nitrogen and oxygen atoms in total. The van der Waals surface area contributed by atoms with Gasteiger partial charge in [0.15, 0.2) is 5.96 Å². The predicted octanol–water partition coefficient (Wildman–Crippen LogP) is 3.40. The highest BCUT2D eigenvalue weighted by Gasteiger charge is 2.12. The number of nitrogens with one attached hydrogen (secondary N) is 2. The Hall–Kier alpha value is -1.81. The Morgan fingerprint density at radius 3 is 2.56 bits per heavy atom. The van der Waals surface area contributed by atoms with Crippen LogP contribution in [0.15, 0.2) is 45.8 Å². The minimum Gasteiger partial charge on any atom is -0.491 e. The lowest BCUT2D eigenvalue weighted by Crippen LogP contribution is -2.39. The number of aryl methyl sites for hydroxylation is 1. The maximum absolute atomic E-state index is 12.9. The zero-order valence-corrected chi connectivity index (χ0v) is 18.1. The molecule has 0 spiro atoms. The number of benzene rings is 1. The molecule has 0 aliphatic rings. The van der Waals surface area contributed by atoms with Crippen LogP contribution in [0, 0.1) is 12.7 Å². The molecule has 8 heteroatoms. The number of hydrogen-bond donors (Lipinski definition) is 3. The quantitative estimate of drug-likeness (QED) is 0.300. The Balaban J connectivity index is 0.00000364. The first-order chi connectivity index (χ1) is 12.5. The van der Waals surface area contributed by atoms with Crippen molar-refractivity contribution in [2.45, 2.75) is 32.9 Å². The number of aliphatic hydroxyl groups excluding tert-OH is 1. The first-order valence-corrected chi connectivity index (χ1v) is 8.65. The van der Waals surface area contributed by atoms with Gasteiger partial charge < -0.3 is 24.9 Å². The van der Waals surface area contributed by atoms with Gasteiger partial charge in [0.05, 0.1) is 12.6 Å². The number of rotatable bonds is 8. The molecule has 1 aromatic heterocycles. The van der Waals surface area contributed by atoms with Crippen LogP contribution in [0.2, 0.25) is 0 Å². The summed E-state index contributed by atoms with van der Waals surface area (Å²) in [6.45, 7) is 6.76. The summed E-state index contributed by atoms with van der Waals surface area (Å²) in [4.78, 5) is 4.37. The van der Waals surface area contributed by atoms with E-state index in [1.54, 1.807) is 0 Å². The van der Waals surface area contributed by atoms with Crippen LogP contribution in [0.1, 0.15) is 31.4 Å². The number of aliphatic hydroxyl groups is 1. The van der Waals surface area contributed by atoms with Gasteiger partial charge >= 0.3 is 0 Å². The molecule has 0 aliphatic heterocycles. The Morgan fingerprint density at radius 1 is 1.26 bits per heavy atom. The summed E-state index contributed by atoms with van der Waals surface area (Å²) in [5.74, 6) is 2.41. The van der Waals surface area contributed by atoms with Crippen molar-refractivity contribution in [2.24, 2.45) is 4.99 Å². The number of aliphatic imine (C=N–C) groups is 1. The fourth-order valence-corrected chi connectivity index (χ4v) is 2.25. The van der Waals surface area contributed by atoms with Crippen molar-refractivity contribution in [3.8, 4) is 5.75 Å². The summed E-state index contributed by atoms with van der Waals surface area (Å²) in [6.07, 6.45) is -0.781. The second kappa shape index (κ2) is 11.8. The number of halogens is 2. The van der Waals surface area contributed by atoms with Crippen LogP contribution in [0.4, 0.5) is 4.39 Å². The number of hydrogen-bond acceptors (Lipinski definition) is 4. The number of guanidine groups is 1. The molecule has 0 amide bonds. The van der Waals surface area contributed by atoms with Crippen molar-refractivity contribution >= 4 is 29.9 Å². The molecule has 27 heavy (non-hydrogen) atoms. The third kappa shape index (κ3) is 8.17. The standard InChI is InChI=1S/C19H26FN3O3.HI/c1-4-21-19(23-14(3)18-10-5-13(2)26-18)22-11-16(24)12-25-17-8-6-15(20)7-9-17;/h5-10,14,16,24H,4,11-12H2,1-3H3,(H2,21,22,23);1H. The maximum Gasteiger partial charge on any atom is 0.191 e. The zero-order valence-electron chi connectivity index (χ0n) is 15.7. The molecular weight excluding hydrogens is 464 g/mol. The van der Waals surface area contributed by atoms with Gasteiger partial charge in [-0.05, 0) is 57.2 Å². The smallest absolute Gasteiger partial charge is 0.191 e. The van der Waals surface area contributed by atoms with Crippen LogP contribution >= 0.6 is 24.0 Å². The molecule has 0 bridgehead atoms. The average Bonchev–Trinajstić information content (AvgIpc) is 3.06. The molecule has 1 aromatic carbocycles. The molecule has 2 aromatic rings. The van der Waals surface area contributed by atoms with Crippen LogP contribution < -0.4 is 15.4 Å². The summed E-state index contributed by atoms with van der Waals surface area (Å²) in [5.41, 5.74) is 0. The van der Waals surface area contributed by atoms with Gasteiger partial charge in [-0.3, -0.25) is 4.99 Å². The molecule has 0 saturated heterocycles. The molecule has 150 valence electrons. The number of furan rings is 1. The number of nitrogens with zero attached hydrogens (tertiary/aromatic N) is 1. The number of ether oxygens (including phenoxy) is 1. The van der Waals surface area contributed by atoms with E-state index in [2.05, 4.69) is 15.6 Å². The highest BCUT2D eigenvalue weighted by atomic mass is 127. The predicted molar refractivity (Wildman–Crippen MR) is 114 cm³/mol. The first kappa shape index (κ1) is 23.2. The zero-order chi connectivity index (χ0) is 18.9. The van der Waals surface area contributed by atoms with E-state index in [0.717, 1.165) is 11.5 Å². The van der Waals surface area contributed by atoms with E-state index in [-0.39, 0.29) is 49.0 Å². The van der Waals surface area contributed by atoms with Crippen LogP contribution in [0.3, 0.4) is 0 Å². The molecule has 2 rings (SSSR count). The van der Waals surface area contributed by atoms with Crippen molar-refractivity contribution < 1.29 is 18.7 Å². The average molecular weight is 491 g/mol. The monoisotopic (exact) mass is 491 g/mol. The van der Waals surface area contributed by atoms with Gasteiger partial charge in [-0.2, -0.15) is 0 Å². The lowest BCUT2D eigenvalue weighted by atomic mass is 10.2. The van der Waals surface area contributed by atoms with E-state index in [4.69, 9.17) is 9.15 Å². The summed E-state index contributed by atoms with van der Waals surface area (Å²) in [5, 5.41) is 16.4.